The molecule has 1 saturated carbocycles. The normalized spacial score (nSPS) is 14.8. The van der Waals surface area contributed by atoms with E-state index in [1.165, 1.54) is 18.6 Å². The Labute approximate surface area is 122 Å². The number of carbonyl (C=O) groups is 1. The number of anilines is 1. The van der Waals surface area contributed by atoms with Gasteiger partial charge in [0.05, 0.1) is 5.02 Å². The fourth-order valence-electron chi connectivity index (χ4n) is 2.35. The van der Waals surface area contributed by atoms with Crippen molar-refractivity contribution in [3.8, 4) is 5.75 Å². The first-order chi connectivity index (χ1) is 9.65. The number of phenolic OH excluding ortho intramolecular Hbond substituents is 1. The van der Waals surface area contributed by atoms with Crippen molar-refractivity contribution in [1.29, 1.82) is 0 Å². The summed E-state index contributed by atoms with van der Waals surface area (Å²) in [5.74, 6) is -0.161. The van der Waals surface area contributed by atoms with Crippen molar-refractivity contribution in [2.45, 2.75) is 25.3 Å². The molecule has 1 aromatic carbocycles. The summed E-state index contributed by atoms with van der Waals surface area (Å²) in [6, 6.07) is 8.76. The van der Waals surface area contributed by atoms with Crippen LogP contribution in [0.15, 0.2) is 36.5 Å². The van der Waals surface area contributed by atoms with Crippen molar-refractivity contribution >= 4 is 23.2 Å². The van der Waals surface area contributed by atoms with Crippen LogP contribution in [-0.2, 0) is 0 Å². The number of amides is 1. The molecule has 1 heterocycles. The fraction of sp³-hybridized carbons (Fsp3) is 0.267. The summed E-state index contributed by atoms with van der Waals surface area (Å²) in [5.41, 5.74) is 1.22. The molecule has 1 aromatic heterocycles. The van der Waals surface area contributed by atoms with Crippen LogP contribution in [0.5, 0.6) is 5.75 Å². The number of hydrogen-bond donors (Lipinski definition) is 2. The van der Waals surface area contributed by atoms with Crippen molar-refractivity contribution in [2.24, 2.45) is 0 Å². The molecule has 2 N–H and O–H groups in total. The van der Waals surface area contributed by atoms with Gasteiger partial charge in [0.1, 0.15) is 11.4 Å². The molecule has 0 unspecified atom stereocenters. The number of hydrogen-bond acceptors (Lipinski definition) is 2. The van der Waals surface area contributed by atoms with Gasteiger partial charge >= 0.3 is 0 Å². The summed E-state index contributed by atoms with van der Waals surface area (Å²) < 4.78 is 2.03. The highest BCUT2D eigenvalue weighted by atomic mass is 35.5. The Morgan fingerprint density at radius 3 is 2.80 bits per heavy atom. The van der Waals surface area contributed by atoms with Crippen molar-refractivity contribution in [2.75, 3.05) is 5.32 Å². The van der Waals surface area contributed by atoms with E-state index in [0.717, 1.165) is 12.8 Å². The van der Waals surface area contributed by atoms with Crippen molar-refractivity contribution in [1.82, 2.24) is 4.57 Å². The standard InChI is InChI=1S/C15H15ClN2O2/c16-12-9-10(6-7-14(12)19)17-15(20)13-5-2-8-18(13)11-3-1-4-11/h2,5-9,11,19H,1,3-4H2,(H,17,20). The summed E-state index contributed by atoms with van der Waals surface area (Å²) in [5, 5.41) is 12.4. The van der Waals surface area contributed by atoms with E-state index in [1.807, 2.05) is 22.9 Å². The summed E-state index contributed by atoms with van der Waals surface area (Å²) in [6.07, 6.45) is 5.42. The lowest BCUT2D eigenvalue weighted by molar-refractivity contribution is 0.101. The van der Waals surface area contributed by atoms with Gasteiger partial charge in [-0.15, -0.1) is 0 Å². The van der Waals surface area contributed by atoms with Gasteiger partial charge in [0.25, 0.3) is 5.91 Å². The molecular formula is C15H15ClN2O2. The molecule has 1 aliphatic rings. The first-order valence-corrected chi connectivity index (χ1v) is 6.99. The summed E-state index contributed by atoms with van der Waals surface area (Å²) in [4.78, 5) is 12.3. The molecule has 2 aromatic rings. The van der Waals surface area contributed by atoms with Crippen LogP contribution in [-0.4, -0.2) is 15.6 Å². The molecule has 1 amide bonds. The molecule has 3 rings (SSSR count). The zero-order valence-corrected chi connectivity index (χ0v) is 11.6. The monoisotopic (exact) mass is 290 g/mol. The molecule has 0 bridgehead atoms. The van der Waals surface area contributed by atoms with Gasteiger partial charge in [0.2, 0.25) is 0 Å². The van der Waals surface area contributed by atoms with Crippen molar-refractivity contribution < 1.29 is 9.90 Å². The van der Waals surface area contributed by atoms with Gasteiger partial charge < -0.3 is 15.0 Å². The second kappa shape index (κ2) is 5.21. The molecule has 0 spiro atoms. The number of phenols is 1. The molecule has 1 aliphatic carbocycles. The molecule has 4 nitrogen and oxygen atoms in total. The Morgan fingerprint density at radius 1 is 1.35 bits per heavy atom. The molecule has 0 aliphatic heterocycles. The number of halogens is 1. The van der Waals surface area contributed by atoms with Gasteiger partial charge in [-0.25, -0.2) is 0 Å². The highest BCUT2D eigenvalue weighted by Gasteiger charge is 2.23. The van der Waals surface area contributed by atoms with Crippen LogP contribution in [0.3, 0.4) is 0 Å². The number of rotatable bonds is 3. The third kappa shape index (κ3) is 2.39. The Morgan fingerprint density at radius 2 is 2.15 bits per heavy atom. The van der Waals surface area contributed by atoms with Crippen molar-refractivity contribution in [3.63, 3.8) is 0 Å². The molecule has 104 valence electrons. The van der Waals surface area contributed by atoms with E-state index < -0.39 is 0 Å². The Balaban J connectivity index is 1.79. The number of benzene rings is 1. The maximum atomic E-state index is 12.3. The minimum atomic E-state index is -0.163. The third-order valence-electron chi connectivity index (χ3n) is 3.69. The molecule has 20 heavy (non-hydrogen) atoms. The predicted octanol–water partition coefficient (Wildman–Crippen LogP) is 3.82. The topological polar surface area (TPSA) is 54.3 Å². The number of carbonyl (C=O) groups excluding carboxylic acids is 1. The van der Waals surface area contributed by atoms with Crippen LogP contribution in [0.1, 0.15) is 35.8 Å². The first kappa shape index (κ1) is 13.1. The lowest BCUT2D eigenvalue weighted by Gasteiger charge is -2.28. The average Bonchev–Trinajstić information content (AvgIpc) is 2.81. The van der Waals surface area contributed by atoms with Crippen LogP contribution in [0.2, 0.25) is 5.02 Å². The first-order valence-electron chi connectivity index (χ1n) is 6.62. The zero-order valence-electron chi connectivity index (χ0n) is 10.8. The Kier molecular flexibility index (Phi) is 3.40. The highest BCUT2D eigenvalue weighted by molar-refractivity contribution is 6.32. The quantitative estimate of drug-likeness (QED) is 0.844. The van der Waals surface area contributed by atoms with E-state index in [0.29, 0.717) is 17.4 Å². The lowest BCUT2D eigenvalue weighted by Crippen LogP contribution is -2.23. The van der Waals surface area contributed by atoms with Gasteiger partial charge in [-0.05, 0) is 49.6 Å². The maximum Gasteiger partial charge on any atom is 0.272 e. The lowest BCUT2D eigenvalue weighted by atomic mass is 9.93. The van der Waals surface area contributed by atoms with Gasteiger partial charge in [-0.2, -0.15) is 0 Å². The fourth-order valence-corrected chi connectivity index (χ4v) is 2.53. The van der Waals surface area contributed by atoms with E-state index in [4.69, 9.17) is 11.6 Å². The SMILES string of the molecule is O=C(Nc1ccc(O)c(Cl)c1)c1cccn1C1CCC1. The van der Waals surface area contributed by atoms with Gasteiger partial charge in [0.15, 0.2) is 0 Å². The van der Waals surface area contributed by atoms with Gasteiger partial charge in [-0.3, -0.25) is 4.79 Å². The van der Waals surface area contributed by atoms with E-state index in [9.17, 15) is 9.90 Å². The van der Waals surface area contributed by atoms with E-state index >= 15 is 0 Å². The summed E-state index contributed by atoms with van der Waals surface area (Å²) in [6.45, 7) is 0. The molecular weight excluding hydrogens is 276 g/mol. The van der Waals surface area contributed by atoms with E-state index in [2.05, 4.69) is 5.32 Å². The van der Waals surface area contributed by atoms with Crippen LogP contribution < -0.4 is 5.32 Å². The highest BCUT2D eigenvalue weighted by Crippen LogP contribution is 2.33. The molecule has 5 heteroatoms. The van der Waals surface area contributed by atoms with E-state index in [-0.39, 0.29) is 16.7 Å². The Hall–Kier alpha value is -1.94. The average molecular weight is 291 g/mol. The van der Waals surface area contributed by atoms with Gasteiger partial charge in [-0.1, -0.05) is 11.6 Å². The maximum absolute atomic E-state index is 12.3. The summed E-state index contributed by atoms with van der Waals surface area (Å²) >= 11 is 5.83. The second-order valence-electron chi connectivity index (χ2n) is 5.01. The zero-order chi connectivity index (χ0) is 14.1. The molecule has 0 saturated heterocycles. The Bertz CT molecular complexity index is 647. The number of aromatic hydroxyl groups is 1. The van der Waals surface area contributed by atoms with E-state index in [1.54, 1.807) is 6.07 Å². The molecule has 0 atom stereocenters. The summed E-state index contributed by atoms with van der Waals surface area (Å²) in [7, 11) is 0. The smallest absolute Gasteiger partial charge is 0.272 e. The number of aromatic nitrogens is 1. The predicted molar refractivity (Wildman–Crippen MR) is 78.4 cm³/mol. The van der Waals surface area contributed by atoms with Crippen LogP contribution in [0, 0.1) is 0 Å². The second-order valence-corrected chi connectivity index (χ2v) is 5.41. The largest absolute Gasteiger partial charge is 0.506 e. The van der Waals surface area contributed by atoms with Crippen LogP contribution in [0.25, 0.3) is 0 Å². The minimum Gasteiger partial charge on any atom is -0.506 e. The van der Waals surface area contributed by atoms with Gasteiger partial charge in [0, 0.05) is 17.9 Å². The van der Waals surface area contributed by atoms with Crippen LogP contribution in [0.4, 0.5) is 5.69 Å². The minimum absolute atomic E-state index is 0.00232. The number of nitrogens with zero attached hydrogens (tertiary/aromatic N) is 1. The molecule has 1 fully saturated rings. The van der Waals surface area contributed by atoms with Crippen LogP contribution >= 0.6 is 11.6 Å². The third-order valence-corrected chi connectivity index (χ3v) is 3.99. The molecule has 0 radical (unpaired) electrons. The number of nitrogens with one attached hydrogen (secondary N) is 1. The van der Waals surface area contributed by atoms with Crippen molar-refractivity contribution in [3.05, 3.63) is 47.2 Å².